The molecule has 0 saturated carbocycles. The van der Waals surface area contributed by atoms with Crippen LogP contribution < -0.4 is 4.90 Å². The van der Waals surface area contributed by atoms with Gasteiger partial charge < -0.3 is 19.8 Å². The standard InChI is InChI=1S/C26H32Cl2FN5O2/c1-16-12-22(29)24-23(16)25(31-15-30-24)33-8-10-34(11-9-33)26(36)19(14-32-6-4-18(35)5-7-32)17-2-3-20(27)21(28)13-17/h2-3,13,15-16,18-19,22,35H,4-12,14H2,1H3/t16-,19-,22-/m1/s1. The number of amides is 1. The summed E-state index contributed by atoms with van der Waals surface area (Å²) in [6.07, 6.45) is 2.00. The first-order valence-corrected chi connectivity index (χ1v) is 13.5. The lowest BCUT2D eigenvalue weighted by Gasteiger charge is -2.39. The Bertz CT molecular complexity index is 1110. The third-order valence-corrected chi connectivity index (χ3v) is 8.52. The fraction of sp³-hybridized carbons (Fsp3) is 0.577. The van der Waals surface area contributed by atoms with E-state index in [1.807, 2.05) is 17.9 Å². The Labute approximate surface area is 221 Å². The van der Waals surface area contributed by atoms with Crippen LogP contribution in [-0.2, 0) is 4.79 Å². The molecule has 1 aliphatic carbocycles. The SMILES string of the molecule is C[C@@H]1C[C@@H](F)c2ncnc(N3CCN(C(=O)[C@H](CN4CCC(O)CC4)c4ccc(Cl)c(Cl)c4)CC3)c21. The molecule has 194 valence electrons. The van der Waals surface area contributed by atoms with E-state index < -0.39 is 6.17 Å². The van der Waals surface area contributed by atoms with Crippen molar-refractivity contribution in [1.29, 1.82) is 0 Å². The largest absolute Gasteiger partial charge is 0.393 e. The van der Waals surface area contributed by atoms with Crippen molar-refractivity contribution in [3.05, 3.63) is 51.4 Å². The van der Waals surface area contributed by atoms with Gasteiger partial charge in [-0.05, 0) is 42.9 Å². The second kappa shape index (κ2) is 10.8. The number of piperazine rings is 1. The summed E-state index contributed by atoms with van der Waals surface area (Å²) in [5, 5.41) is 10.8. The lowest BCUT2D eigenvalue weighted by atomic mass is 9.95. The summed E-state index contributed by atoms with van der Waals surface area (Å²) >= 11 is 12.5. The molecule has 0 spiro atoms. The van der Waals surface area contributed by atoms with Gasteiger partial charge in [0.1, 0.15) is 18.3 Å². The minimum absolute atomic E-state index is 0.0595. The monoisotopic (exact) mass is 535 g/mol. The lowest BCUT2D eigenvalue weighted by molar-refractivity contribution is -0.133. The molecule has 2 saturated heterocycles. The number of aliphatic hydroxyl groups is 1. The second-order valence-corrected chi connectivity index (χ2v) is 11.0. The minimum Gasteiger partial charge on any atom is -0.393 e. The van der Waals surface area contributed by atoms with E-state index in [0.29, 0.717) is 67.7 Å². The number of fused-ring (bicyclic) bond motifs is 1. The molecular formula is C26H32Cl2FN5O2. The summed E-state index contributed by atoms with van der Waals surface area (Å²) in [6, 6.07) is 5.41. The Morgan fingerprint density at radius 3 is 2.53 bits per heavy atom. The normalized spacial score (nSPS) is 24.1. The first-order chi connectivity index (χ1) is 17.3. The first kappa shape index (κ1) is 25.6. The number of carbonyl (C=O) groups is 1. The predicted molar refractivity (Wildman–Crippen MR) is 139 cm³/mol. The van der Waals surface area contributed by atoms with Gasteiger partial charge in [-0.2, -0.15) is 0 Å². The molecule has 0 radical (unpaired) electrons. The summed E-state index contributed by atoms with van der Waals surface area (Å²) in [4.78, 5) is 28.8. The highest BCUT2D eigenvalue weighted by molar-refractivity contribution is 6.42. The maximum atomic E-state index is 14.4. The maximum absolute atomic E-state index is 14.4. The molecule has 3 aliphatic rings. The van der Waals surface area contributed by atoms with E-state index in [-0.39, 0.29) is 23.8 Å². The van der Waals surface area contributed by atoms with Crippen LogP contribution in [-0.4, -0.2) is 82.7 Å². The van der Waals surface area contributed by atoms with Crippen LogP contribution in [0.3, 0.4) is 0 Å². The van der Waals surface area contributed by atoms with E-state index in [1.54, 1.807) is 12.1 Å². The molecule has 1 aromatic heterocycles. The van der Waals surface area contributed by atoms with Crippen molar-refractivity contribution in [2.45, 2.75) is 50.3 Å². The lowest BCUT2D eigenvalue weighted by Crippen LogP contribution is -2.52. The van der Waals surface area contributed by atoms with Gasteiger partial charge >= 0.3 is 0 Å². The molecule has 2 fully saturated rings. The minimum atomic E-state index is -1.04. The van der Waals surface area contributed by atoms with Gasteiger partial charge in [0, 0.05) is 51.4 Å². The van der Waals surface area contributed by atoms with Crippen LogP contribution in [0.25, 0.3) is 0 Å². The van der Waals surface area contributed by atoms with Gasteiger partial charge in [-0.1, -0.05) is 36.2 Å². The number of aromatic nitrogens is 2. The van der Waals surface area contributed by atoms with Gasteiger partial charge in [-0.25, -0.2) is 14.4 Å². The van der Waals surface area contributed by atoms with E-state index in [1.165, 1.54) is 6.33 Å². The number of rotatable bonds is 5. The van der Waals surface area contributed by atoms with Crippen molar-refractivity contribution < 1.29 is 14.3 Å². The maximum Gasteiger partial charge on any atom is 0.231 e. The van der Waals surface area contributed by atoms with Gasteiger partial charge in [-0.3, -0.25) is 4.79 Å². The summed E-state index contributed by atoms with van der Waals surface area (Å²) in [6.45, 7) is 6.47. The van der Waals surface area contributed by atoms with Crippen LogP contribution in [0.2, 0.25) is 10.0 Å². The number of carbonyl (C=O) groups excluding carboxylic acids is 1. The molecule has 1 N–H and O–H groups in total. The molecule has 36 heavy (non-hydrogen) atoms. The number of likely N-dealkylation sites (tertiary alicyclic amines) is 1. The molecule has 7 nitrogen and oxygen atoms in total. The molecular weight excluding hydrogens is 504 g/mol. The van der Waals surface area contributed by atoms with Gasteiger partial charge in [0.25, 0.3) is 0 Å². The van der Waals surface area contributed by atoms with E-state index in [2.05, 4.69) is 19.8 Å². The van der Waals surface area contributed by atoms with Crippen LogP contribution in [0.5, 0.6) is 0 Å². The number of piperidine rings is 1. The Morgan fingerprint density at radius 1 is 1.11 bits per heavy atom. The van der Waals surface area contributed by atoms with Crippen LogP contribution in [0.1, 0.15) is 61.0 Å². The van der Waals surface area contributed by atoms with Crippen LogP contribution in [0, 0.1) is 0 Å². The van der Waals surface area contributed by atoms with Gasteiger partial charge in [0.15, 0.2) is 0 Å². The average molecular weight is 536 g/mol. The predicted octanol–water partition coefficient (Wildman–Crippen LogP) is 4.19. The van der Waals surface area contributed by atoms with Crippen molar-refractivity contribution in [2.24, 2.45) is 0 Å². The topological polar surface area (TPSA) is 72.8 Å². The highest BCUT2D eigenvalue weighted by atomic mass is 35.5. The number of nitrogens with zero attached hydrogens (tertiary/aromatic N) is 5. The summed E-state index contributed by atoms with van der Waals surface area (Å²) < 4.78 is 14.4. The van der Waals surface area contributed by atoms with E-state index in [0.717, 1.165) is 30.0 Å². The van der Waals surface area contributed by atoms with Crippen LogP contribution in [0.4, 0.5) is 10.2 Å². The van der Waals surface area contributed by atoms with Crippen LogP contribution >= 0.6 is 23.2 Å². The van der Waals surface area contributed by atoms with E-state index >= 15 is 0 Å². The third kappa shape index (κ3) is 5.19. The highest BCUT2D eigenvalue weighted by Crippen LogP contribution is 2.44. The fourth-order valence-electron chi connectivity index (χ4n) is 5.69. The quantitative estimate of drug-likeness (QED) is 0.618. The molecule has 1 amide bonds. The van der Waals surface area contributed by atoms with Crippen molar-refractivity contribution in [2.75, 3.05) is 50.7 Å². The Kier molecular flexibility index (Phi) is 7.67. The zero-order chi connectivity index (χ0) is 25.4. The molecule has 3 atom stereocenters. The number of aliphatic hydroxyl groups excluding tert-OH is 1. The molecule has 5 rings (SSSR count). The number of benzene rings is 1. The molecule has 0 unspecified atom stereocenters. The Morgan fingerprint density at radius 2 is 1.83 bits per heavy atom. The van der Waals surface area contributed by atoms with E-state index in [9.17, 15) is 14.3 Å². The summed E-state index contributed by atoms with van der Waals surface area (Å²) in [5.74, 6) is 0.557. The second-order valence-electron chi connectivity index (χ2n) is 10.2. The number of hydrogen-bond donors (Lipinski definition) is 1. The fourth-order valence-corrected chi connectivity index (χ4v) is 5.99. The number of hydrogen-bond acceptors (Lipinski definition) is 6. The molecule has 2 aliphatic heterocycles. The van der Waals surface area contributed by atoms with Crippen LogP contribution in [0.15, 0.2) is 24.5 Å². The Balaban J connectivity index is 1.31. The zero-order valence-electron chi connectivity index (χ0n) is 20.4. The molecule has 3 heterocycles. The number of anilines is 1. The van der Waals surface area contributed by atoms with Gasteiger partial charge in [0.05, 0.1) is 27.8 Å². The number of halogens is 3. The van der Waals surface area contributed by atoms with Crippen molar-refractivity contribution in [3.8, 4) is 0 Å². The molecule has 1 aromatic carbocycles. The number of alkyl halides is 1. The highest BCUT2D eigenvalue weighted by Gasteiger charge is 2.36. The average Bonchev–Trinajstić information content (AvgIpc) is 3.18. The van der Waals surface area contributed by atoms with Crippen molar-refractivity contribution in [3.63, 3.8) is 0 Å². The van der Waals surface area contributed by atoms with Gasteiger partial charge in [-0.15, -0.1) is 0 Å². The summed E-state index contributed by atoms with van der Waals surface area (Å²) in [5.41, 5.74) is 2.27. The smallest absolute Gasteiger partial charge is 0.231 e. The third-order valence-electron chi connectivity index (χ3n) is 7.78. The van der Waals surface area contributed by atoms with E-state index in [4.69, 9.17) is 23.2 Å². The molecule has 0 bridgehead atoms. The van der Waals surface area contributed by atoms with Crippen molar-refractivity contribution >= 4 is 34.9 Å². The van der Waals surface area contributed by atoms with Crippen molar-refractivity contribution in [1.82, 2.24) is 19.8 Å². The zero-order valence-corrected chi connectivity index (χ0v) is 21.9. The molecule has 2 aromatic rings. The summed E-state index contributed by atoms with van der Waals surface area (Å²) in [7, 11) is 0. The molecule has 10 heteroatoms. The van der Waals surface area contributed by atoms with Gasteiger partial charge in [0.2, 0.25) is 5.91 Å². The Hall–Kier alpha value is -2.00. The first-order valence-electron chi connectivity index (χ1n) is 12.7.